The van der Waals surface area contributed by atoms with E-state index in [1.54, 1.807) is 42.5 Å². The zero-order valence-corrected chi connectivity index (χ0v) is 16.0. The standard InChI is InChI=1S/C20H20ClNO5/c1-4-26-18-12-14(11-17(21)20(18)25-3)5-10-19(24)27-16-8-6-15(7-9-16)22-13(2)23/h5-12H,4H2,1-3H3,(H,22,23). The van der Waals surface area contributed by atoms with E-state index in [2.05, 4.69) is 5.32 Å². The number of nitrogens with one attached hydrogen (secondary N) is 1. The number of esters is 1. The first-order valence-electron chi connectivity index (χ1n) is 8.20. The van der Waals surface area contributed by atoms with Crippen molar-refractivity contribution in [2.45, 2.75) is 13.8 Å². The molecule has 0 aliphatic heterocycles. The number of hydrogen-bond acceptors (Lipinski definition) is 5. The summed E-state index contributed by atoms with van der Waals surface area (Å²) in [5.74, 6) is 0.576. The average Bonchev–Trinajstić information content (AvgIpc) is 2.61. The molecule has 1 N–H and O–H groups in total. The molecule has 0 aromatic heterocycles. The second-order valence-corrected chi connectivity index (χ2v) is 5.83. The molecule has 0 spiro atoms. The van der Waals surface area contributed by atoms with E-state index in [4.69, 9.17) is 25.8 Å². The summed E-state index contributed by atoms with van der Waals surface area (Å²) in [5.41, 5.74) is 1.29. The summed E-state index contributed by atoms with van der Waals surface area (Å²) in [6, 6.07) is 9.86. The van der Waals surface area contributed by atoms with Crippen LogP contribution in [0.3, 0.4) is 0 Å². The number of methoxy groups -OCH3 is 1. The van der Waals surface area contributed by atoms with Crippen molar-refractivity contribution in [3.63, 3.8) is 0 Å². The minimum absolute atomic E-state index is 0.174. The molecule has 0 bridgehead atoms. The van der Waals surface area contributed by atoms with Gasteiger partial charge in [-0.2, -0.15) is 0 Å². The Labute approximate surface area is 162 Å². The van der Waals surface area contributed by atoms with E-state index in [1.807, 2.05) is 6.92 Å². The van der Waals surface area contributed by atoms with Gasteiger partial charge in [0.15, 0.2) is 11.5 Å². The number of carbonyl (C=O) groups is 2. The van der Waals surface area contributed by atoms with E-state index in [0.717, 1.165) is 0 Å². The Kier molecular flexibility index (Phi) is 7.25. The van der Waals surface area contributed by atoms with Gasteiger partial charge in [-0.25, -0.2) is 4.79 Å². The Balaban J connectivity index is 2.06. The van der Waals surface area contributed by atoms with Crippen LogP contribution in [0, 0.1) is 0 Å². The minimum atomic E-state index is -0.549. The summed E-state index contributed by atoms with van der Waals surface area (Å²) in [5, 5.41) is 3.01. The summed E-state index contributed by atoms with van der Waals surface area (Å²) in [4.78, 5) is 23.0. The Bertz CT molecular complexity index is 846. The second kappa shape index (κ2) is 9.64. The Morgan fingerprint density at radius 1 is 1.19 bits per heavy atom. The molecule has 0 fully saturated rings. The third-order valence-corrected chi connectivity index (χ3v) is 3.62. The molecule has 0 unspecified atom stereocenters. The van der Waals surface area contributed by atoms with Crippen LogP contribution in [0.5, 0.6) is 17.2 Å². The van der Waals surface area contributed by atoms with E-state index in [9.17, 15) is 9.59 Å². The Hall–Kier alpha value is -2.99. The third-order valence-electron chi connectivity index (χ3n) is 3.34. The minimum Gasteiger partial charge on any atom is -0.491 e. The molecule has 0 radical (unpaired) electrons. The van der Waals surface area contributed by atoms with Crippen LogP contribution >= 0.6 is 11.6 Å². The molecular weight excluding hydrogens is 370 g/mol. The number of amides is 1. The molecule has 6 nitrogen and oxygen atoms in total. The zero-order valence-electron chi connectivity index (χ0n) is 15.2. The highest BCUT2D eigenvalue weighted by atomic mass is 35.5. The fourth-order valence-corrected chi connectivity index (χ4v) is 2.57. The van der Waals surface area contributed by atoms with Gasteiger partial charge in [-0.3, -0.25) is 4.79 Å². The summed E-state index contributed by atoms with van der Waals surface area (Å²) in [7, 11) is 1.51. The van der Waals surface area contributed by atoms with E-state index in [0.29, 0.717) is 40.1 Å². The van der Waals surface area contributed by atoms with Gasteiger partial charge in [0.1, 0.15) is 5.75 Å². The first-order chi connectivity index (χ1) is 12.9. The van der Waals surface area contributed by atoms with Crippen LogP contribution in [0.25, 0.3) is 6.08 Å². The smallest absolute Gasteiger partial charge is 0.336 e. The van der Waals surface area contributed by atoms with Crippen LogP contribution in [0.4, 0.5) is 5.69 Å². The maximum absolute atomic E-state index is 12.0. The molecule has 0 saturated heterocycles. The topological polar surface area (TPSA) is 73.9 Å². The lowest BCUT2D eigenvalue weighted by molar-refractivity contribution is -0.128. The molecule has 2 aromatic carbocycles. The van der Waals surface area contributed by atoms with E-state index in [1.165, 1.54) is 20.1 Å². The number of rotatable bonds is 7. The monoisotopic (exact) mass is 389 g/mol. The van der Waals surface area contributed by atoms with Crippen molar-refractivity contribution in [2.75, 3.05) is 19.0 Å². The lowest BCUT2D eigenvalue weighted by atomic mass is 10.2. The largest absolute Gasteiger partial charge is 0.491 e. The lowest BCUT2D eigenvalue weighted by Gasteiger charge is -2.11. The highest BCUT2D eigenvalue weighted by molar-refractivity contribution is 6.32. The van der Waals surface area contributed by atoms with Crippen LogP contribution in [0.2, 0.25) is 5.02 Å². The number of halogens is 1. The lowest BCUT2D eigenvalue weighted by Crippen LogP contribution is -2.06. The molecule has 2 rings (SSSR count). The SMILES string of the molecule is CCOc1cc(C=CC(=O)Oc2ccc(NC(C)=O)cc2)cc(Cl)c1OC. The normalized spacial score (nSPS) is 10.5. The number of benzene rings is 2. The van der Waals surface area contributed by atoms with Crippen molar-refractivity contribution in [3.05, 3.63) is 53.1 Å². The number of anilines is 1. The quantitative estimate of drug-likeness (QED) is 0.433. The summed E-state index contributed by atoms with van der Waals surface area (Å²) < 4.78 is 15.9. The zero-order chi connectivity index (χ0) is 19.8. The molecule has 0 aliphatic rings. The van der Waals surface area contributed by atoms with Crippen LogP contribution in [0.1, 0.15) is 19.4 Å². The molecule has 0 saturated carbocycles. The van der Waals surface area contributed by atoms with Crippen molar-refractivity contribution in [1.82, 2.24) is 0 Å². The average molecular weight is 390 g/mol. The van der Waals surface area contributed by atoms with Gasteiger partial charge in [-0.15, -0.1) is 0 Å². The van der Waals surface area contributed by atoms with Gasteiger partial charge in [0.25, 0.3) is 0 Å². The van der Waals surface area contributed by atoms with Gasteiger partial charge in [0.2, 0.25) is 5.91 Å². The van der Waals surface area contributed by atoms with Crippen molar-refractivity contribution in [3.8, 4) is 17.2 Å². The van der Waals surface area contributed by atoms with Crippen LogP contribution in [0.15, 0.2) is 42.5 Å². The van der Waals surface area contributed by atoms with Crippen LogP contribution < -0.4 is 19.5 Å². The molecule has 27 heavy (non-hydrogen) atoms. The Morgan fingerprint density at radius 3 is 2.48 bits per heavy atom. The number of ether oxygens (including phenoxy) is 3. The van der Waals surface area contributed by atoms with Crippen molar-refractivity contribution >= 4 is 35.2 Å². The van der Waals surface area contributed by atoms with Crippen LogP contribution in [-0.4, -0.2) is 25.6 Å². The predicted octanol–water partition coefficient (Wildman–Crippen LogP) is 4.32. The predicted molar refractivity (Wildman–Crippen MR) is 105 cm³/mol. The van der Waals surface area contributed by atoms with Gasteiger partial charge in [0, 0.05) is 18.7 Å². The fraction of sp³-hybridized carbons (Fsp3) is 0.200. The highest BCUT2D eigenvalue weighted by Crippen LogP contribution is 2.36. The number of carbonyl (C=O) groups excluding carboxylic acids is 2. The summed E-state index contributed by atoms with van der Waals surface area (Å²) in [6.45, 7) is 3.72. The molecule has 0 atom stereocenters. The third kappa shape index (κ3) is 6.04. The summed E-state index contributed by atoms with van der Waals surface area (Å²) in [6.07, 6.45) is 2.86. The molecule has 7 heteroatoms. The van der Waals surface area contributed by atoms with Gasteiger partial charge >= 0.3 is 5.97 Å². The van der Waals surface area contributed by atoms with Crippen molar-refractivity contribution in [2.24, 2.45) is 0 Å². The first kappa shape index (κ1) is 20.3. The molecule has 142 valence electrons. The molecule has 2 aromatic rings. The maximum Gasteiger partial charge on any atom is 0.336 e. The van der Waals surface area contributed by atoms with E-state index < -0.39 is 5.97 Å². The van der Waals surface area contributed by atoms with E-state index in [-0.39, 0.29) is 5.91 Å². The molecule has 0 heterocycles. The van der Waals surface area contributed by atoms with Crippen LogP contribution in [-0.2, 0) is 9.59 Å². The molecule has 1 amide bonds. The molecule has 0 aliphatic carbocycles. The van der Waals surface area contributed by atoms with Gasteiger partial charge < -0.3 is 19.5 Å². The van der Waals surface area contributed by atoms with Crippen molar-refractivity contribution < 1.29 is 23.8 Å². The first-order valence-corrected chi connectivity index (χ1v) is 8.58. The number of hydrogen-bond donors (Lipinski definition) is 1. The van der Waals surface area contributed by atoms with Gasteiger partial charge in [-0.05, 0) is 55.0 Å². The van der Waals surface area contributed by atoms with Gasteiger partial charge in [0.05, 0.1) is 18.7 Å². The van der Waals surface area contributed by atoms with Crippen molar-refractivity contribution in [1.29, 1.82) is 0 Å². The second-order valence-electron chi connectivity index (χ2n) is 5.43. The fourth-order valence-electron chi connectivity index (χ4n) is 2.27. The highest BCUT2D eigenvalue weighted by Gasteiger charge is 2.11. The Morgan fingerprint density at radius 2 is 1.89 bits per heavy atom. The maximum atomic E-state index is 12.0. The van der Waals surface area contributed by atoms with E-state index >= 15 is 0 Å². The van der Waals surface area contributed by atoms with Gasteiger partial charge in [-0.1, -0.05) is 11.6 Å². The molecular formula is C20H20ClNO5. The summed E-state index contributed by atoms with van der Waals surface area (Å²) >= 11 is 6.18.